The van der Waals surface area contributed by atoms with Gasteiger partial charge in [0.2, 0.25) is 0 Å². The van der Waals surface area contributed by atoms with Crippen molar-refractivity contribution in [2.24, 2.45) is 5.84 Å². The Labute approximate surface area is 162 Å². The number of nitrogen functional groups attached to an aromatic ring is 1. The van der Waals surface area contributed by atoms with Gasteiger partial charge in [-0.2, -0.15) is 5.10 Å². The Hall–Kier alpha value is -1.86. The van der Waals surface area contributed by atoms with E-state index in [-0.39, 0.29) is 0 Å². The van der Waals surface area contributed by atoms with Crippen molar-refractivity contribution in [3.63, 3.8) is 0 Å². The number of nitrogens with zero attached hydrogens (tertiary/aromatic N) is 2. The molecule has 0 fully saturated rings. The Balaban J connectivity index is 2.02. The average Bonchev–Trinajstić information content (AvgIpc) is 3.01. The second-order valence-electron chi connectivity index (χ2n) is 5.29. The summed E-state index contributed by atoms with van der Waals surface area (Å²) in [6, 6.07) is 14.5. The lowest BCUT2D eigenvalue weighted by atomic mass is 10.1. The van der Waals surface area contributed by atoms with E-state index in [0.717, 1.165) is 15.6 Å². The van der Waals surface area contributed by atoms with Crippen molar-refractivity contribution in [1.82, 2.24) is 15.2 Å². The van der Waals surface area contributed by atoms with Crippen molar-refractivity contribution >= 4 is 45.0 Å². The first-order valence-electron chi connectivity index (χ1n) is 7.26. The molecule has 0 aliphatic rings. The van der Waals surface area contributed by atoms with Crippen LogP contribution in [0.4, 0.5) is 0 Å². The van der Waals surface area contributed by atoms with Crippen molar-refractivity contribution < 1.29 is 4.79 Å². The molecule has 0 bridgehead atoms. The summed E-state index contributed by atoms with van der Waals surface area (Å²) in [4.78, 5) is 12.1. The Kier molecular flexibility index (Phi) is 5.44. The van der Waals surface area contributed by atoms with E-state index in [0.29, 0.717) is 28.0 Å². The smallest absolute Gasteiger partial charge is 0.283 e. The predicted molar refractivity (Wildman–Crippen MR) is 103 cm³/mol. The molecule has 1 amide bonds. The van der Waals surface area contributed by atoms with Crippen molar-refractivity contribution in [2.45, 2.75) is 6.54 Å². The normalized spacial score (nSPS) is 10.7. The predicted octanol–water partition coefficient (Wildman–Crippen LogP) is 4.27. The number of hydrogen-bond donors (Lipinski definition) is 2. The van der Waals surface area contributed by atoms with Gasteiger partial charge in [0.15, 0.2) is 0 Å². The van der Waals surface area contributed by atoms with E-state index in [9.17, 15) is 4.79 Å². The van der Waals surface area contributed by atoms with Crippen molar-refractivity contribution in [3.05, 3.63) is 74.3 Å². The van der Waals surface area contributed by atoms with Crippen molar-refractivity contribution in [2.75, 3.05) is 0 Å². The molecule has 0 aliphatic heterocycles. The van der Waals surface area contributed by atoms with Gasteiger partial charge in [0.05, 0.1) is 12.2 Å². The molecule has 8 heteroatoms. The summed E-state index contributed by atoms with van der Waals surface area (Å²) in [5.41, 5.74) is 4.82. The quantitative estimate of drug-likeness (QED) is 0.362. The van der Waals surface area contributed by atoms with Crippen LogP contribution in [0.3, 0.4) is 0 Å². The number of nitrogens with one attached hydrogen (secondary N) is 1. The molecule has 0 spiro atoms. The van der Waals surface area contributed by atoms with E-state index < -0.39 is 5.91 Å². The average molecular weight is 440 g/mol. The Morgan fingerprint density at radius 3 is 2.52 bits per heavy atom. The number of carbonyl (C=O) groups is 1. The lowest BCUT2D eigenvalue weighted by Gasteiger charge is -2.08. The fourth-order valence-electron chi connectivity index (χ4n) is 2.37. The van der Waals surface area contributed by atoms with Crippen LogP contribution in [0, 0.1) is 0 Å². The molecule has 1 aromatic heterocycles. The Morgan fingerprint density at radius 2 is 1.88 bits per heavy atom. The van der Waals surface area contributed by atoms with Crippen LogP contribution in [0.15, 0.2) is 53.0 Å². The van der Waals surface area contributed by atoms with E-state index in [4.69, 9.17) is 29.0 Å². The highest BCUT2D eigenvalue weighted by molar-refractivity contribution is 9.10. The molecule has 25 heavy (non-hydrogen) atoms. The number of amides is 1. The third kappa shape index (κ3) is 4.04. The highest BCUT2D eigenvalue weighted by Gasteiger charge is 2.16. The van der Waals surface area contributed by atoms with E-state index in [1.165, 1.54) is 0 Å². The van der Waals surface area contributed by atoms with Crippen LogP contribution in [0.1, 0.15) is 16.1 Å². The van der Waals surface area contributed by atoms with Crippen molar-refractivity contribution in [1.29, 1.82) is 0 Å². The number of nitrogens with two attached hydrogens (primary N) is 1. The molecule has 3 rings (SSSR count). The van der Waals surface area contributed by atoms with Gasteiger partial charge >= 0.3 is 0 Å². The topological polar surface area (TPSA) is 72.9 Å². The van der Waals surface area contributed by atoms with Gasteiger partial charge < -0.3 is 0 Å². The molecule has 128 valence electrons. The highest BCUT2D eigenvalue weighted by atomic mass is 79.9. The first kappa shape index (κ1) is 17.9. The third-order valence-corrected chi connectivity index (χ3v) is 4.73. The molecule has 0 saturated carbocycles. The van der Waals surface area contributed by atoms with E-state index in [2.05, 4.69) is 26.5 Å². The van der Waals surface area contributed by atoms with Crippen LogP contribution in [0.5, 0.6) is 0 Å². The lowest BCUT2D eigenvalue weighted by Crippen LogP contribution is -2.32. The van der Waals surface area contributed by atoms with Crippen LogP contribution in [-0.2, 0) is 6.54 Å². The van der Waals surface area contributed by atoms with Gasteiger partial charge in [-0.25, -0.2) is 5.84 Å². The first-order valence-corrected chi connectivity index (χ1v) is 8.81. The molecule has 2 aromatic carbocycles. The van der Waals surface area contributed by atoms with Crippen LogP contribution >= 0.6 is 39.1 Å². The second kappa shape index (κ2) is 7.58. The van der Waals surface area contributed by atoms with E-state index in [1.54, 1.807) is 28.9 Å². The minimum Gasteiger partial charge on any atom is -0.289 e. The van der Waals surface area contributed by atoms with Crippen molar-refractivity contribution in [3.8, 4) is 11.3 Å². The third-order valence-electron chi connectivity index (χ3n) is 3.62. The SMILES string of the molecule is NNC(=O)c1cc(-c2ccc(Br)cc2)nn1Cc1ccc(Cl)cc1Cl. The molecular weight excluding hydrogens is 427 g/mol. The van der Waals surface area contributed by atoms with Gasteiger partial charge in [0.1, 0.15) is 5.69 Å². The minimum absolute atomic E-state index is 0.315. The highest BCUT2D eigenvalue weighted by Crippen LogP contribution is 2.25. The number of rotatable bonds is 4. The molecular formula is C17H13BrCl2N4O. The Morgan fingerprint density at radius 1 is 1.16 bits per heavy atom. The summed E-state index contributed by atoms with van der Waals surface area (Å²) in [5, 5.41) is 5.58. The van der Waals surface area contributed by atoms with Crippen LogP contribution in [0.2, 0.25) is 10.0 Å². The zero-order chi connectivity index (χ0) is 18.0. The summed E-state index contributed by atoms with van der Waals surface area (Å²) < 4.78 is 2.53. The standard InChI is InChI=1S/C17H13BrCl2N4O/c18-12-4-1-10(2-5-12)15-8-16(17(25)22-21)24(23-15)9-11-3-6-13(19)7-14(11)20/h1-8H,9,21H2,(H,22,25). The van der Waals surface area contributed by atoms with Crippen LogP contribution in [0.25, 0.3) is 11.3 Å². The van der Waals surface area contributed by atoms with E-state index in [1.807, 2.05) is 24.3 Å². The molecule has 3 aromatic rings. The molecule has 3 N–H and O–H groups in total. The first-order chi connectivity index (χ1) is 12.0. The number of carbonyl (C=O) groups excluding carboxylic acids is 1. The van der Waals surface area contributed by atoms with Gasteiger partial charge in [-0.15, -0.1) is 0 Å². The van der Waals surface area contributed by atoms with Crippen LogP contribution in [-0.4, -0.2) is 15.7 Å². The molecule has 0 atom stereocenters. The number of halogens is 3. The lowest BCUT2D eigenvalue weighted by molar-refractivity contribution is 0.0943. The van der Waals surface area contributed by atoms with Crippen LogP contribution < -0.4 is 11.3 Å². The molecule has 5 nitrogen and oxygen atoms in total. The summed E-state index contributed by atoms with van der Waals surface area (Å²) in [5.74, 6) is 4.86. The zero-order valence-electron chi connectivity index (χ0n) is 12.8. The molecule has 1 heterocycles. The fraction of sp³-hybridized carbons (Fsp3) is 0.0588. The Bertz CT molecular complexity index is 925. The van der Waals surface area contributed by atoms with Gasteiger partial charge in [0.25, 0.3) is 5.91 Å². The number of benzene rings is 2. The molecule has 0 aliphatic carbocycles. The maximum atomic E-state index is 12.1. The summed E-state index contributed by atoms with van der Waals surface area (Å²) in [7, 11) is 0. The fourth-order valence-corrected chi connectivity index (χ4v) is 3.10. The monoisotopic (exact) mass is 438 g/mol. The van der Waals surface area contributed by atoms with Gasteiger partial charge in [0, 0.05) is 20.1 Å². The second-order valence-corrected chi connectivity index (χ2v) is 7.05. The summed E-state index contributed by atoms with van der Waals surface area (Å²) >= 11 is 15.6. The van der Waals surface area contributed by atoms with Gasteiger partial charge in [-0.05, 0) is 35.9 Å². The van der Waals surface area contributed by atoms with E-state index >= 15 is 0 Å². The molecule has 0 unspecified atom stereocenters. The molecule has 0 saturated heterocycles. The zero-order valence-corrected chi connectivity index (χ0v) is 15.9. The molecule has 0 radical (unpaired) electrons. The summed E-state index contributed by atoms with van der Waals surface area (Å²) in [6.07, 6.45) is 0. The maximum Gasteiger partial charge on any atom is 0.283 e. The van der Waals surface area contributed by atoms with Gasteiger partial charge in [-0.3, -0.25) is 14.9 Å². The van der Waals surface area contributed by atoms with Gasteiger partial charge in [-0.1, -0.05) is 57.3 Å². The number of hydrazine groups is 1. The minimum atomic E-state index is -0.430. The largest absolute Gasteiger partial charge is 0.289 e. The summed E-state index contributed by atoms with van der Waals surface area (Å²) in [6.45, 7) is 0.315. The maximum absolute atomic E-state index is 12.1. The number of aromatic nitrogens is 2. The number of hydrogen-bond acceptors (Lipinski definition) is 3.